The number of amides is 1. The third kappa shape index (κ3) is 2.67. The fraction of sp³-hybridized carbons (Fsp3) is 0.611. The van der Waals surface area contributed by atoms with Gasteiger partial charge in [-0.05, 0) is 62.4 Å². The molecule has 1 aromatic rings. The van der Waals surface area contributed by atoms with Crippen molar-refractivity contribution in [2.24, 2.45) is 11.3 Å². The minimum Gasteiger partial charge on any atom is -0.454 e. The summed E-state index contributed by atoms with van der Waals surface area (Å²) in [6.07, 6.45) is 3.36. The van der Waals surface area contributed by atoms with E-state index in [-0.39, 0.29) is 12.7 Å². The molecule has 2 aliphatic heterocycles. The molecule has 5 nitrogen and oxygen atoms in total. The van der Waals surface area contributed by atoms with Gasteiger partial charge in [0.15, 0.2) is 11.5 Å². The van der Waals surface area contributed by atoms with Crippen LogP contribution in [0.1, 0.15) is 31.7 Å². The molecule has 1 aliphatic carbocycles. The SMILES string of the molecule is CCN(Cc1ccc2c(c1)OCO2)C(=O)C1CC12CCNCC2. The number of nitrogens with one attached hydrogen (secondary N) is 1. The number of hydrogen-bond acceptors (Lipinski definition) is 4. The van der Waals surface area contributed by atoms with Gasteiger partial charge in [0.2, 0.25) is 12.7 Å². The first-order valence-electron chi connectivity index (χ1n) is 8.60. The standard InChI is InChI=1S/C18H24N2O3/c1-2-20(11-13-3-4-15-16(9-13)23-12-22-15)17(21)14-10-18(14)5-7-19-8-6-18/h3-4,9,14,19H,2,5-8,10-12H2,1H3. The average molecular weight is 316 g/mol. The van der Waals surface area contributed by atoms with Gasteiger partial charge in [-0.15, -0.1) is 0 Å². The van der Waals surface area contributed by atoms with Crippen molar-refractivity contribution < 1.29 is 14.3 Å². The number of piperidine rings is 1. The minimum atomic E-state index is 0.235. The van der Waals surface area contributed by atoms with Gasteiger partial charge >= 0.3 is 0 Å². The molecule has 23 heavy (non-hydrogen) atoms. The molecule has 1 saturated carbocycles. The van der Waals surface area contributed by atoms with Crippen LogP contribution >= 0.6 is 0 Å². The fourth-order valence-electron chi connectivity index (χ4n) is 4.00. The molecule has 2 fully saturated rings. The van der Waals surface area contributed by atoms with Crippen molar-refractivity contribution in [2.75, 3.05) is 26.4 Å². The Labute approximate surface area is 136 Å². The lowest BCUT2D eigenvalue weighted by Gasteiger charge is -2.26. The van der Waals surface area contributed by atoms with Crippen LogP contribution in [0.2, 0.25) is 0 Å². The van der Waals surface area contributed by atoms with Crippen LogP contribution in [-0.2, 0) is 11.3 Å². The highest BCUT2D eigenvalue weighted by molar-refractivity contribution is 5.82. The summed E-state index contributed by atoms with van der Waals surface area (Å²) in [6, 6.07) is 5.95. The summed E-state index contributed by atoms with van der Waals surface area (Å²) in [5.74, 6) is 2.14. The topological polar surface area (TPSA) is 50.8 Å². The van der Waals surface area contributed by atoms with E-state index in [0.717, 1.165) is 56.0 Å². The highest BCUT2D eigenvalue weighted by Crippen LogP contribution is 2.59. The third-order valence-corrected chi connectivity index (χ3v) is 5.59. The Hall–Kier alpha value is -1.75. The lowest BCUT2D eigenvalue weighted by atomic mass is 9.91. The van der Waals surface area contributed by atoms with Gasteiger partial charge in [-0.1, -0.05) is 6.07 Å². The molecule has 1 aromatic carbocycles. The van der Waals surface area contributed by atoms with E-state index in [1.165, 1.54) is 0 Å². The third-order valence-electron chi connectivity index (χ3n) is 5.59. The average Bonchev–Trinajstić information content (AvgIpc) is 3.06. The molecule has 1 unspecified atom stereocenters. The molecule has 0 radical (unpaired) electrons. The van der Waals surface area contributed by atoms with Gasteiger partial charge in [-0.25, -0.2) is 0 Å². The maximum atomic E-state index is 12.9. The molecule has 0 bridgehead atoms. The predicted octanol–water partition coefficient (Wildman–Crippen LogP) is 2.15. The Morgan fingerprint density at radius 3 is 2.87 bits per heavy atom. The van der Waals surface area contributed by atoms with Crippen LogP contribution in [0.5, 0.6) is 11.5 Å². The number of ether oxygens (including phenoxy) is 2. The quantitative estimate of drug-likeness (QED) is 0.925. The van der Waals surface area contributed by atoms with Gasteiger partial charge in [0.25, 0.3) is 0 Å². The Kier molecular flexibility index (Phi) is 3.68. The molecule has 3 aliphatic rings. The van der Waals surface area contributed by atoms with E-state index in [1.54, 1.807) is 0 Å². The predicted molar refractivity (Wildman–Crippen MR) is 86.3 cm³/mol. The van der Waals surface area contributed by atoms with E-state index < -0.39 is 0 Å². The number of carbonyl (C=O) groups excluding carboxylic acids is 1. The summed E-state index contributed by atoms with van der Waals surface area (Å²) < 4.78 is 10.8. The van der Waals surface area contributed by atoms with Crippen LogP contribution in [-0.4, -0.2) is 37.2 Å². The Morgan fingerprint density at radius 1 is 1.30 bits per heavy atom. The van der Waals surface area contributed by atoms with Crippen LogP contribution in [0.25, 0.3) is 0 Å². The first kappa shape index (κ1) is 14.8. The van der Waals surface area contributed by atoms with Gasteiger partial charge < -0.3 is 19.7 Å². The number of rotatable bonds is 4. The van der Waals surface area contributed by atoms with Gasteiger partial charge in [0, 0.05) is 19.0 Å². The summed E-state index contributed by atoms with van der Waals surface area (Å²) in [5.41, 5.74) is 1.40. The van der Waals surface area contributed by atoms with E-state index in [0.29, 0.717) is 17.9 Å². The maximum Gasteiger partial charge on any atom is 0.231 e. The Morgan fingerprint density at radius 2 is 2.09 bits per heavy atom. The van der Waals surface area contributed by atoms with Gasteiger partial charge in [0.1, 0.15) is 0 Å². The monoisotopic (exact) mass is 316 g/mol. The zero-order chi connectivity index (χ0) is 15.9. The number of fused-ring (bicyclic) bond motifs is 1. The Balaban J connectivity index is 1.43. The van der Waals surface area contributed by atoms with E-state index in [2.05, 4.69) is 12.2 Å². The van der Waals surface area contributed by atoms with Crippen molar-refractivity contribution in [3.63, 3.8) is 0 Å². The van der Waals surface area contributed by atoms with Gasteiger partial charge in [-0.3, -0.25) is 4.79 Å². The maximum absolute atomic E-state index is 12.9. The molecule has 1 N–H and O–H groups in total. The van der Waals surface area contributed by atoms with Crippen molar-refractivity contribution in [3.8, 4) is 11.5 Å². The molecule has 4 rings (SSSR count). The van der Waals surface area contributed by atoms with Gasteiger partial charge in [0.05, 0.1) is 0 Å². The number of nitrogens with zero attached hydrogens (tertiary/aromatic N) is 1. The van der Waals surface area contributed by atoms with Crippen LogP contribution in [0.4, 0.5) is 0 Å². The number of carbonyl (C=O) groups is 1. The molecule has 1 atom stereocenters. The van der Waals surface area contributed by atoms with Crippen LogP contribution in [0.15, 0.2) is 18.2 Å². The summed E-state index contributed by atoms with van der Waals surface area (Å²) in [5, 5.41) is 3.40. The Bertz CT molecular complexity index is 610. The minimum absolute atomic E-state index is 0.235. The molecule has 5 heteroatoms. The molecular formula is C18H24N2O3. The van der Waals surface area contributed by atoms with E-state index >= 15 is 0 Å². The largest absolute Gasteiger partial charge is 0.454 e. The number of hydrogen-bond donors (Lipinski definition) is 1. The highest BCUT2D eigenvalue weighted by Gasteiger charge is 2.58. The van der Waals surface area contributed by atoms with Crippen LogP contribution in [0, 0.1) is 11.3 Å². The summed E-state index contributed by atoms with van der Waals surface area (Å²) in [6.45, 7) is 5.85. The highest BCUT2D eigenvalue weighted by atomic mass is 16.7. The molecule has 1 amide bonds. The second kappa shape index (κ2) is 5.71. The normalized spacial score (nSPS) is 23.8. The molecule has 2 heterocycles. The van der Waals surface area contributed by atoms with Crippen molar-refractivity contribution in [3.05, 3.63) is 23.8 Å². The lowest BCUT2D eigenvalue weighted by Crippen LogP contribution is -2.36. The van der Waals surface area contributed by atoms with Crippen molar-refractivity contribution >= 4 is 5.91 Å². The van der Waals surface area contributed by atoms with Crippen molar-refractivity contribution in [2.45, 2.75) is 32.7 Å². The summed E-state index contributed by atoms with van der Waals surface area (Å²) >= 11 is 0. The summed E-state index contributed by atoms with van der Waals surface area (Å²) in [7, 11) is 0. The number of benzene rings is 1. The summed E-state index contributed by atoms with van der Waals surface area (Å²) in [4.78, 5) is 14.9. The zero-order valence-electron chi connectivity index (χ0n) is 13.6. The molecule has 124 valence electrons. The molecular weight excluding hydrogens is 292 g/mol. The van der Waals surface area contributed by atoms with E-state index in [9.17, 15) is 4.79 Å². The van der Waals surface area contributed by atoms with E-state index in [4.69, 9.17) is 9.47 Å². The second-order valence-corrected chi connectivity index (χ2v) is 6.91. The first-order chi connectivity index (χ1) is 11.2. The fourth-order valence-corrected chi connectivity index (χ4v) is 4.00. The first-order valence-corrected chi connectivity index (χ1v) is 8.60. The van der Waals surface area contributed by atoms with Crippen molar-refractivity contribution in [1.82, 2.24) is 10.2 Å². The zero-order valence-corrected chi connectivity index (χ0v) is 13.6. The molecule has 1 saturated heterocycles. The smallest absolute Gasteiger partial charge is 0.231 e. The van der Waals surface area contributed by atoms with E-state index in [1.807, 2.05) is 23.1 Å². The van der Waals surface area contributed by atoms with Crippen LogP contribution < -0.4 is 14.8 Å². The lowest BCUT2D eigenvalue weighted by molar-refractivity contribution is -0.134. The van der Waals surface area contributed by atoms with Gasteiger partial charge in [-0.2, -0.15) is 0 Å². The molecule has 1 spiro atoms. The van der Waals surface area contributed by atoms with Crippen LogP contribution in [0.3, 0.4) is 0 Å². The molecule has 0 aromatic heterocycles. The second-order valence-electron chi connectivity index (χ2n) is 6.91. The van der Waals surface area contributed by atoms with Crippen molar-refractivity contribution in [1.29, 1.82) is 0 Å².